The second kappa shape index (κ2) is 7.86. The smallest absolute Gasteiger partial charge is 0.327 e. The number of carbonyl (C=O) groups excluding carboxylic acids is 2. The van der Waals surface area contributed by atoms with E-state index in [4.69, 9.17) is 9.47 Å². The zero-order chi connectivity index (χ0) is 19.8. The molecule has 5 rings (SSSR count). The van der Waals surface area contributed by atoms with Gasteiger partial charge in [0, 0.05) is 19.1 Å². The lowest BCUT2D eigenvalue weighted by Gasteiger charge is -2.38. The molecule has 3 heterocycles. The van der Waals surface area contributed by atoms with Crippen molar-refractivity contribution in [2.45, 2.75) is 56.7 Å². The summed E-state index contributed by atoms with van der Waals surface area (Å²) in [5.74, 6) is 1.55. The molecule has 0 radical (unpaired) electrons. The number of nitrogens with zero attached hydrogens (tertiary/aromatic N) is 3. The fraction of sp³-hybridized carbons (Fsp3) is 0.636. The molecule has 2 saturated heterocycles. The van der Waals surface area contributed by atoms with Crippen LogP contribution in [0.15, 0.2) is 24.3 Å². The molecule has 1 aromatic rings. The highest BCUT2D eigenvalue weighted by Crippen LogP contribution is 2.32. The highest BCUT2D eigenvalue weighted by molar-refractivity contribution is 6.02. The lowest BCUT2D eigenvalue weighted by atomic mass is 10.0. The zero-order valence-corrected chi connectivity index (χ0v) is 16.8. The summed E-state index contributed by atoms with van der Waals surface area (Å²) in [5.41, 5.74) is 0. The van der Waals surface area contributed by atoms with E-state index in [0.717, 1.165) is 69.7 Å². The summed E-state index contributed by atoms with van der Waals surface area (Å²) in [6.45, 7) is 3.21. The molecule has 1 aromatic carbocycles. The number of urea groups is 1. The number of para-hydroxylation sites is 2. The maximum atomic E-state index is 13.0. The Morgan fingerprint density at radius 3 is 2.55 bits per heavy atom. The third-order valence-electron chi connectivity index (χ3n) is 6.67. The minimum absolute atomic E-state index is 0.0278. The Hall–Kier alpha value is -2.28. The van der Waals surface area contributed by atoms with Crippen LogP contribution in [0, 0.1) is 0 Å². The van der Waals surface area contributed by atoms with Gasteiger partial charge in [-0.3, -0.25) is 14.6 Å². The average Bonchev–Trinajstić information content (AvgIpc) is 3.36. The molecular weight excluding hydrogens is 370 g/mol. The lowest BCUT2D eigenvalue weighted by Crippen LogP contribution is -2.53. The highest BCUT2D eigenvalue weighted by atomic mass is 16.6. The first-order valence-electron chi connectivity index (χ1n) is 10.9. The van der Waals surface area contributed by atoms with Crippen LogP contribution in [0.3, 0.4) is 0 Å². The summed E-state index contributed by atoms with van der Waals surface area (Å²) >= 11 is 0. The first-order valence-corrected chi connectivity index (χ1v) is 10.9. The summed E-state index contributed by atoms with van der Waals surface area (Å²) in [4.78, 5) is 31.4. The van der Waals surface area contributed by atoms with Crippen molar-refractivity contribution in [3.05, 3.63) is 24.3 Å². The van der Waals surface area contributed by atoms with Crippen LogP contribution in [-0.2, 0) is 4.79 Å². The Kier molecular flexibility index (Phi) is 5.08. The Balaban J connectivity index is 1.21. The molecule has 0 spiro atoms. The van der Waals surface area contributed by atoms with E-state index < -0.39 is 0 Å². The highest BCUT2D eigenvalue weighted by Gasteiger charge is 2.44. The second-order valence-corrected chi connectivity index (χ2v) is 8.67. The number of hydrogen-bond acceptors (Lipinski definition) is 5. The predicted octanol–water partition coefficient (Wildman–Crippen LogP) is 2.50. The minimum Gasteiger partial charge on any atom is -0.486 e. The van der Waals surface area contributed by atoms with Crippen LogP contribution in [0.5, 0.6) is 11.5 Å². The third-order valence-corrected chi connectivity index (χ3v) is 6.67. The number of amides is 3. The predicted molar refractivity (Wildman–Crippen MR) is 107 cm³/mol. The van der Waals surface area contributed by atoms with Crippen LogP contribution in [0.2, 0.25) is 0 Å². The average molecular weight is 399 g/mol. The van der Waals surface area contributed by atoms with Gasteiger partial charge in [0.1, 0.15) is 19.3 Å². The summed E-state index contributed by atoms with van der Waals surface area (Å²) < 4.78 is 11.9. The molecule has 3 aliphatic heterocycles. The molecule has 29 heavy (non-hydrogen) atoms. The number of benzene rings is 1. The van der Waals surface area contributed by atoms with E-state index in [1.54, 1.807) is 4.90 Å². The molecule has 4 aliphatic rings. The van der Waals surface area contributed by atoms with Gasteiger partial charge in [-0.25, -0.2) is 4.79 Å². The molecule has 1 aliphatic carbocycles. The number of carbonyl (C=O) groups is 2. The van der Waals surface area contributed by atoms with Crippen LogP contribution in [0.4, 0.5) is 4.79 Å². The van der Waals surface area contributed by atoms with Crippen LogP contribution >= 0.6 is 0 Å². The van der Waals surface area contributed by atoms with Crippen molar-refractivity contribution in [2.24, 2.45) is 0 Å². The fourth-order valence-electron chi connectivity index (χ4n) is 5.24. The van der Waals surface area contributed by atoms with Gasteiger partial charge < -0.3 is 14.4 Å². The van der Waals surface area contributed by atoms with E-state index in [-0.39, 0.29) is 36.7 Å². The van der Waals surface area contributed by atoms with Crippen molar-refractivity contribution in [1.29, 1.82) is 0 Å². The first-order chi connectivity index (χ1) is 14.2. The monoisotopic (exact) mass is 399 g/mol. The number of rotatable bonds is 4. The van der Waals surface area contributed by atoms with Gasteiger partial charge in [-0.15, -0.1) is 0 Å². The van der Waals surface area contributed by atoms with Gasteiger partial charge in [0.05, 0.1) is 6.04 Å². The Bertz CT molecular complexity index is 779. The summed E-state index contributed by atoms with van der Waals surface area (Å²) in [6, 6.07) is 7.89. The standard InChI is InChI=1S/C22H29N3O4/c26-21-14-24(16-6-1-2-7-16)22(27)25(21)17-8-5-11-23(12-17)13-18-15-28-19-9-3-4-10-20(19)29-18/h3-4,9-10,16-18H,1-2,5-8,11-15H2/t17-,18-/m0/s1. The molecule has 0 aromatic heterocycles. The maximum Gasteiger partial charge on any atom is 0.327 e. The molecule has 1 saturated carbocycles. The van der Waals surface area contributed by atoms with Crippen molar-refractivity contribution in [3.8, 4) is 11.5 Å². The molecular formula is C22H29N3O4. The molecule has 156 valence electrons. The van der Waals surface area contributed by atoms with Gasteiger partial charge in [0.15, 0.2) is 11.5 Å². The molecule has 3 amide bonds. The maximum absolute atomic E-state index is 13.0. The van der Waals surface area contributed by atoms with E-state index >= 15 is 0 Å². The second-order valence-electron chi connectivity index (χ2n) is 8.67. The summed E-state index contributed by atoms with van der Waals surface area (Å²) in [7, 11) is 0. The fourth-order valence-corrected chi connectivity index (χ4v) is 5.24. The summed E-state index contributed by atoms with van der Waals surface area (Å²) in [5, 5.41) is 0. The largest absolute Gasteiger partial charge is 0.486 e. The topological polar surface area (TPSA) is 62.3 Å². The van der Waals surface area contributed by atoms with Crippen molar-refractivity contribution >= 4 is 11.9 Å². The van der Waals surface area contributed by atoms with Gasteiger partial charge in [-0.2, -0.15) is 0 Å². The number of likely N-dealkylation sites (tertiary alicyclic amines) is 1. The van der Waals surface area contributed by atoms with Crippen LogP contribution < -0.4 is 9.47 Å². The van der Waals surface area contributed by atoms with Crippen LogP contribution in [-0.4, -0.2) is 77.6 Å². The molecule has 0 N–H and O–H groups in total. The van der Waals surface area contributed by atoms with Gasteiger partial charge in [0.2, 0.25) is 0 Å². The van der Waals surface area contributed by atoms with Gasteiger partial charge in [0.25, 0.3) is 5.91 Å². The SMILES string of the molecule is O=C1CN(C2CCCC2)C(=O)N1[C@H]1CCCN(C[C@H]2COc3ccccc3O2)C1. The number of fused-ring (bicyclic) bond motifs is 1. The van der Waals surface area contributed by atoms with E-state index in [0.29, 0.717) is 6.61 Å². The molecule has 2 atom stereocenters. The third kappa shape index (κ3) is 3.68. The van der Waals surface area contributed by atoms with Gasteiger partial charge >= 0.3 is 6.03 Å². The van der Waals surface area contributed by atoms with Crippen LogP contribution in [0.1, 0.15) is 38.5 Å². The number of piperidine rings is 1. The van der Waals surface area contributed by atoms with Crippen LogP contribution in [0.25, 0.3) is 0 Å². The van der Waals surface area contributed by atoms with Crippen molar-refractivity contribution in [3.63, 3.8) is 0 Å². The molecule has 7 heteroatoms. The van der Waals surface area contributed by atoms with Gasteiger partial charge in [-0.1, -0.05) is 25.0 Å². The Morgan fingerprint density at radius 1 is 0.966 bits per heavy atom. The number of imide groups is 1. The Labute approximate surface area is 171 Å². The summed E-state index contributed by atoms with van der Waals surface area (Å²) in [6.07, 6.45) is 6.21. The molecule has 0 bridgehead atoms. The van der Waals surface area contributed by atoms with Crippen molar-refractivity contribution in [2.75, 3.05) is 32.8 Å². The lowest BCUT2D eigenvalue weighted by molar-refractivity contribution is -0.127. The first kappa shape index (κ1) is 18.7. The zero-order valence-electron chi connectivity index (χ0n) is 16.8. The quantitative estimate of drug-likeness (QED) is 0.728. The number of hydrogen-bond donors (Lipinski definition) is 0. The van der Waals surface area contributed by atoms with E-state index in [9.17, 15) is 9.59 Å². The molecule has 7 nitrogen and oxygen atoms in total. The van der Waals surface area contributed by atoms with E-state index in [2.05, 4.69) is 4.90 Å². The van der Waals surface area contributed by atoms with E-state index in [1.807, 2.05) is 29.2 Å². The normalized spacial score (nSPS) is 28.4. The Morgan fingerprint density at radius 2 is 1.72 bits per heavy atom. The van der Waals surface area contributed by atoms with Crippen molar-refractivity contribution < 1.29 is 19.1 Å². The minimum atomic E-state index is -0.0695. The number of ether oxygens (including phenoxy) is 2. The van der Waals surface area contributed by atoms with E-state index in [1.165, 1.54) is 0 Å². The van der Waals surface area contributed by atoms with Crippen molar-refractivity contribution in [1.82, 2.24) is 14.7 Å². The van der Waals surface area contributed by atoms with Gasteiger partial charge in [-0.05, 0) is 44.4 Å². The molecule has 0 unspecified atom stereocenters. The molecule has 3 fully saturated rings.